The molecule has 0 bridgehead atoms. The Morgan fingerprint density at radius 2 is 2.47 bits per heavy atom. The third-order valence-electron chi connectivity index (χ3n) is 2.85. The summed E-state index contributed by atoms with van der Waals surface area (Å²) in [6.45, 7) is 6.30. The van der Waals surface area contributed by atoms with Crippen LogP contribution in [0, 0.1) is 0 Å². The smallest absolute Gasteiger partial charge is 0.128 e. The lowest BCUT2D eigenvalue weighted by atomic mass is 10.2. The van der Waals surface area contributed by atoms with Crippen molar-refractivity contribution in [3.05, 3.63) is 17.2 Å². The van der Waals surface area contributed by atoms with Gasteiger partial charge in [0.25, 0.3) is 0 Å². The second-order valence-corrected chi connectivity index (χ2v) is 4.53. The van der Waals surface area contributed by atoms with Gasteiger partial charge in [-0.25, -0.2) is 4.98 Å². The van der Waals surface area contributed by atoms with Crippen molar-refractivity contribution >= 4 is 11.6 Å². The number of rotatable bonds is 2. The minimum Gasteiger partial charge on any atom is -0.321 e. The Morgan fingerprint density at radius 3 is 3.07 bits per heavy atom. The summed E-state index contributed by atoms with van der Waals surface area (Å²) in [6.07, 6.45) is 1.71. The molecule has 1 saturated heterocycles. The van der Waals surface area contributed by atoms with Crippen molar-refractivity contribution in [1.82, 2.24) is 19.8 Å². The highest BCUT2D eigenvalue weighted by atomic mass is 35.5. The largest absolute Gasteiger partial charge is 0.321 e. The maximum Gasteiger partial charge on any atom is 0.128 e. The van der Waals surface area contributed by atoms with Crippen LogP contribution in [0.2, 0.25) is 5.15 Å². The van der Waals surface area contributed by atoms with Gasteiger partial charge in [-0.1, -0.05) is 11.6 Å². The fourth-order valence-corrected chi connectivity index (χ4v) is 2.07. The first kappa shape index (κ1) is 10.9. The van der Waals surface area contributed by atoms with Crippen LogP contribution in [0.5, 0.6) is 0 Å². The third kappa shape index (κ3) is 2.51. The second kappa shape index (κ2) is 4.51. The Labute approximate surface area is 95.2 Å². The summed E-state index contributed by atoms with van der Waals surface area (Å²) in [5.74, 6) is 1.04. The molecule has 2 rings (SSSR count). The molecular formula is C10H17ClN4. The summed E-state index contributed by atoms with van der Waals surface area (Å²) in [5, 5.41) is 4.12. The number of hydrogen-bond donors (Lipinski definition) is 1. The van der Waals surface area contributed by atoms with Gasteiger partial charge in [0, 0.05) is 32.7 Å². The van der Waals surface area contributed by atoms with Gasteiger partial charge in [0.1, 0.15) is 11.0 Å². The predicted octanol–water partition coefficient (Wildman–Crippen LogP) is 0.867. The maximum absolute atomic E-state index is 5.95. The van der Waals surface area contributed by atoms with Crippen molar-refractivity contribution in [3.63, 3.8) is 0 Å². The lowest BCUT2D eigenvalue weighted by Gasteiger charge is -2.31. The fourth-order valence-electron chi connectivity index (χ4n) is 1.93. The summed E-state index contributed by atoms with van der Waals surface area (Å²) in [4.78, 5) is 6.71. The minimum absolute atomic E-state index is 0.564. The number of piperazine rings is 1. The molecule has 0 saturated carbocycles. The van der Waals surface area contributed by atoms with Crippen LogP contribution in [0.4, 0.5) is 0 Å². The van der Waals surface area contributed by atoms with E-state index in [-0.39, 0.29) is 0 Å². The molecule has 1 aliphatic rings. The molecule has 0 aromatic carbocycles. The summed E-state index contributed by atoms with van der Waals surface area (Å²) >= 11 is 5.95. The van der Waals surface area contributed by atoms with E-state index in [4.69, 9.17) is 11.6 Å². The number of aromatic nitrogens is 2. The fraction of sp³-hybridized carbons (Fsp3) is 0.700. The Kier molecular flexibility index (Phi) is 3.29. The first-order valence-corrected chi connectivity index (χ1v) is 5.66. The highest BCUT2D eigenvalue weighted by molar-refractivity contribution is 6.29. The van der Waals surface area contributed by atoms with Crippen LogP contribution >= 0.6 is 11.6 Å². The third-order valence-corrected chi connectivity index (χ3v) is 3.20. The van der Waals surface area contributed by atoms with Crippen LogP contribution in [0.15, 0.2) is 6.20 Å². The van der Waals surface area contributed by atoms with E-state index in [9.17, 15) is 0 Å². The molecule has 1 atom stereocenters. The normalized spacial score (nSPS) is 23.3. The average molecular weight is 229 g/mol. The second-order valence-electron chi connectivity index (χ2n) is 4.15. The van der Waals surface area contributed by atoms with Gasteiger partial charge in [0.05, 0.1) is 12.7 Å². The van der Waals surface area contributed by atoms with Crippen LogP contribution in [0.3, 0.4) is 0 Å². The zero-order chi connectivity index (χ0) is 10.8. The Morgan fingerprint density at radius 1 is 1.67 bits per heavy atom. The lowest BCUT2D eigenvalue weighted by molar-refractivity contribution is 0.194. The molecule has 0 aliphatic carbocycles. The molecule has 0 amide bonds. The zero-order valence-corrected chi connectivity index (χ0v) is 9.96. The van der Waals surface area contributed by atoms with Gasteiger partial charge >= 0.3 is 0 Å². The lowest BCUT2D eigenvalue weighted by Crippen LogP contribution is -2.48. The minimum atomic E-state index is 0.564. The molecule has 1 aromatic rings. The van der Waals surface area contributed by atoms with Crippen molar-refractivity contribution in [2.75, 3.05) is 19.6 Å². The Hall–Kier alpha value is -0.580. The topological polar surface area (TPSA) is 33.1 Å². The Bertz CT molecular complexity index is 336. The van der Waals surface area contributed by atoms with E-state index in [0.717, 1.165) is 32.0 Å². The summed E-state index contributed by atoms with van der Waals surface area (Å²) in [7, 11) is 1.95. The number of halogens is 1. The molecule has 5 heteroatoms. The van der Waals surface area contributed by atoms with Crippen LogP contribution in [0.1, 0.15) is 12.7 Å². The predicted molar refractivity (Wildman–Crippen MR) is 61.0 cm³/mol. The van der Waals surface area contributed by atoms with E-state index in [1.165, 1.54) is 0 Å². The van der Waals surface area contributed by atoms with Crippen molar-refractivity contribution in [2.24, 2.45) is 7.05 Å². The monoisotopic (exact) mass is 228 g/mol. The molecule has 1 fully saturated rings. The van der Waals surface area contributed by atoms with Gasteiger partial charge < -0.3 is 9.88 Å². The van der Waals surface area contributed by atoms with Gasteiger partial charge in [-0.05, 0) is 6.92 Å². The van der Waals surface area contributed by atoms with Crippen molar-refractivity contribution in [1.29, 1.82) is 0 Å². The molecule has 2 heterocycles. The van der Waals surface area contributed by atoms with Gasteiger partial charge in [-0.15, -0.1) is 0 Å². The van der Waals surface area contributed by atoms with E-state index in [2.05, 4.69) is 22.1 Å². The molecule has 0 radical (unpaired) electrons. The van der Waals surface area contributed by atoms with Gasteiger partial charge in [-0.3, -0.25) is 4.90 Å². The SMILES string of the molecule is C[C@H]1CN(Cc2ncc(Cl)n2C)CCN1. The molecule has 1 aromatic heterocycles. The molecule has 1 aliphatic heterocycles. The average Bonchev–Trinajstić information content (AvgIpc) is 2.50. The number of hydrogen-bond acceptors (Lipinski definition) is 3. The van der Waals surface area contributed by atoms with Crippen molar-refractivity contribution in [3.8, 4) is 0 Å². The quantitative estimate of drug-likeness (QED) is 0.816. The van der Waals surface area contributed by atoms with Crippen LogP contribution in [-0.4, -0.2) is 40.1 Å². The van der Waals surface area contributed by atoms with E-state index >= 15 is 0 Å². The number of imidazole rings is 1. The van der Waals surface area contributed by atoms with Crippen molar-refractivity contribution < 1.29 is 0 Å². The van der Waals surface area contributed by atoms with Crippen LogP contribution in [0.25, 0.3) is 0 Å². The summed E-state index contributed by atoms with van der Waals surface area (Å²) in [5.41, 5.74) is 0. The summed E-state index contributed by atoms with van der Waals surface area (Å²) in [6, 6.07) is 0.564. The van der Waals surface area contributed by atoms with Crippen LogP contribution < -0.4 is 5.32 Å². The zero-order valence-electron chi connectivity index (χ0n) is 9.20. The van der Waals surface area contributed by atoms with Gasteiger partial charge in [0.2, 0.25) is 0 Å². The first-order valence-electron chi connectivity index (χ1n) is 5.28. The van der Waals surface area contributed by atoms with E-state index in [1.807, 2.05) is 11.6 Å². The van der Waals surface area contributed by atoms with E-state index in [0.29, 0.717) is 11.2 Å². The number of nitrogens with zero attached hydrogens (tertiary/aromatic N) is 3. The molecule has 15 heavy (non-hydrogen) atoms. The highest BCUT2D eigenvalue weighted by Gasteiger charge is 2.17. The maximum atomic E-state index is 5.95. The van der Waals surface area contributed by atoms with Gasteiger partial charge in [0.15, 0.2) is 0 Å². The number of nitrogens with one attached hydrogen (secondary N) is 1. The van der Waals surface area contributed by atoms with Crippen LogP contribution in [-0.2, 0) is 13.6 Å². The standard InChI is InChI=1S/C10H17ClN4/c1-8-6-15(4-3-12-8)7-10-13-5-9(11)14(10)2/h5,8,12H,3-4,6-7H2,1-2H3/t8-/m0/s1. The molecule has 84 valence electrons. The van der Waals surface area contributed by atoms with Crippen molar-refractivity contribution in [2.45, 2.75) is 19.5 Å². The van der Waals surface area contributed by atoms with Gasteiger partial charge in [-0.2, -0.15) is 0 Å². The van der Waals surface area contributed by atoms with E-state index in [1.54, 1.807) is 6.20 Å². The summed E-state index contributed by atoms with van der Waals surface area (Å²) < 4.78 is 1.94. The Balaban J connectivity index is 1.99. The molecule has 4 nitrogen and oxygen atoms in total. The molecule has 1 N–H and O–H groups in total. The molecular weight excluding hydrogens is 212 g/mol. The molecule has 0 unspecified atom stereocenters. The highest BCUT2D eigenvalue weighted by Crippen LogP contribution is 2.11. The first-order chi connectivity index (χ1) is 7.16. The van der Waals surface area contributed by atoms with E-state index < -0.39 is 0 Å². The molecule has 0 spiro atoms.